The molecular weight excluding hydrogens is 262 g/mol. The maximum absolute atomic E-state index is 12.1. The topological polar surface area (TPSA) is 57.8 Å². The van der Waals surface area contributed by atoms with Crippen molar-refractivity contribution < 1.29 is 4.79 Å². The molecule has 0 radical (unpaired) electrons. The van der Waals surface area contributed by atoms with Crippen LogP contribution >= 0.6 is 11.6 Å². The van der Waals surface area contributed by atoms with Gasteiger partial charge in [-0.2, -0.15) is 5.10 Å². The molecule has 1 aromatic heterocycles. The fraction of sp³-hybridized carbons (Fsp3) is 0.286. The first-order valence-corrected chi connectivity index (χ1v) is 6.64. The van der Waals surface area contributed by atoms with Gasteiger partial charge in [-0.15, -0.1) is 0 Å². The Balaban J connectivity index is 1.76. The van der Waals surface area contributed by atoms with E-state index in [0.717, 1.165) is 11.3 Å². The van der Waals surface area contributed by atoms with E-state index in [1.807, 2.05) is 25.1 Å². The van der Waals surface area contributed by atoms with Crippen molar-refractivity contribution in [1.29, 1.82) is 0 Å². The normalized spacial score (nSPS) is 14.4. The zero-order valence-electron chi connectivity index (χ0n) is 10.5. The minimum Gasteiger partial charge on any atom is -0.319 e. The predicted molar refractivity (Wildman–Crippen MR) is 74.7 cm³/mol. The SMILES string of the molecule is Cc1ccc(NC(=O)c2cc(C3CC3)[nH]n2)c(Cl)c1. The summed E-state index contributed by atoms with van der Waals surface area (Å²) in [5, 5.41) is 10.3. The molecule has 0 saturated heterocycles. The van der Waals surface area contributed by atoms with Crippen molar-refractivity contribution in [2.24, 2.45) is 0 Å². The minimum atomic E-state index is -0.242. The van der Waals surface area contributed by atoms with E-state index in [-0.39, 0.29) is 5.91 Å². The third-order valence-electron chi connectivity index (χ3n) is 3.22. The Kier molecular flexibility index (Phi) is 3.03. The van der Waals surface area contributed by atoms with Crippen LogP contribution in [0.15, 0.2) is 24.3 Å². The van der Waals surface area contributed by atoms with E-state index < -0.39 is 0 Å². The summed E-state index contributed by atoms with van der Waals surface area (Å²) >= 11 is 6.08. The Bertz CT molecular complexity index is 631. The van der Waals surface area contributed by atoms with Crippen molar-refractivity contribution in [3.63, 3.8) is 0 Å². The lowest BCUT2D eigenvalue weighted by molar-refractivity contribution is 0.102. The Morgan fingerprint density at radius 1 is 1.42 bits per heavy atom. The molecule has 2 N–H and O–H groups in total. The Morgan fingerprint density at radius 3 is 2.89 bits per heavy atom. The summed E-state index contributed by atoms with van der Waals surface area (Å²) in [5.41, 5.74) is 3.10. The van der Waals surface area contributed by atoms with Crippen molar-refractivity contribution in [3.8, 4) is 0 Å². The van der Waals surface area contributed by atoms with E-state index >= 15 is 0 Å². The fourth-order valence-electron chi connectivity index (χ4n) is 1.96. The number of hydrogen-bond acceptors (Lipinski definition) is 2. The molecule has 0 unspecified atom stereocenters. The van der Waals surface area contributed by atoms with E-state index in [1.54, 1.807) is 6.07 Å². The molecule has 0 bridgehead atoms. The van der Waals surface area contributed by atoms with Crippen LogP contribution in [0.2, 0.25) is 5.02 Å². The van der Waals surface area contributed by atoms with Crippen LogP contribution in [0.25, 0.3) is 0 Å². The van der Waals surface area contributed by atoms with E-state index in [4.69, 9.17) is 11.6 Å². The number of nitrogens with zero attached hydrogens (tertiary/aromatic N) is 1. The van der Waals surface area contributed by atoms with Crippen LogP contribution in [-0.4, -0.2) is 16.1 Å². The van der Waals surface area contributed by atoms with Gasteiger partial charge in [0.05, 0.1) is 10.7 Å². The van der Waals surface area contributed by atoms with Gasteiger partial charge in [0.1, 0.15) is 0 Å². The molecule has 1 heterocycles. The Labute approximate surface area is 116 Å². The number of nitrogens with one attached hydrogen (secondary N) is 2. The third kappa shape index (κ3) is 2.63. The average molecular weight is 276 g/mol. The number of aromatic nitrogens is 2. The van der Waals surface area contributed by atoms with Crippen LogP contribution in [0.1, 0.15) is 40.5 Å². The smallest absolute Gasteiger partial charge is 0.276 e. The Hall–Kier alpha value is -1.81. The first-order chi connectivity index (χ1) is 9.13. The highest BCUT2D eigenvalue weighted by Gasteiger charge is 2.26. The van der Waals surface area contributed by atoms with Crippen molar-refractivity contribution in [2.75, 3.05) is 5.32 Å². The quantitative estimate of drug-likeness (QED) is 0.901. The maximum Gasteiger partial charge on any atom is 0.276 e. The molecule has 2 aromatic rings. The van der Waals surface area contributed by atoms with Crippen molar-refractivity contribution in [2.45, 2.75) is 25.7 Å². The summed E-state index contributed by atoms with van der Waals surface area (Å²) < 4.78 is 0. The highest BCUT2D eigenvalue weighted by Crippen LogP contribution is 2.39. The molecule has 19 heavy (non-hydrogen) atoms. The van der Waals surface area contributed by atoms with E-state index in [1.165, 1.54) is 12.8 Å². The first-order valence-electron chi connectivity index (χ1n) is 6.26. The van der Waals surface area contributed by atoms with Gasteiger partial charge in [0.2, 0.25) is 0 Å². The summed E-state index contributed by atoms with van der Waals surface area (Å²) in [6.45, 7) is 1.95. The minimum absolute atomic E-state index is 0.242. The monoisotopic (exact) mass is 275 g/mol. The van der Waals surface area contributed by atoms with Crippen molar-refractivity contribution >= 4 is 23.2 Å². The largest absolute Gasteiger partial charge is 0.319 e. The molecule has 0 aliphatic heterocycles. The van der Waals surface area contributed by atoms with Gasteiger partial charge in [-0.25, -0.2) is 0 Å². The molecule has 1 aromatic carbocycles. The molecule has 1 aliphatic carbocycles. The van der Waals surface area contributed by atoms with Gasteiger partial charge in [-0.1, -0.05) is 17.7 Å². The number of hydrogen-bond donors (Lipinski definition) is 2. The molecule has 1 amide bonds. The average Bonchev–Trinajstić information content (AvgIpc) is 3.10. The van der Waals surface area contributed by atoms with Crippen LogP contribution in [0, 0.1) is 6.92 Å². The molecule has 1 fully saturated rings. The number of halogens is 1. The number of rotatable bonds is 3. The lowest BCUT2D eigenvalue weighted by Gasteiger charge is -2.06. The molecule has 1 saturated carbocycles. The van der Waals surface area contributed by atoms with Crippen LogP contribution in [-0.2, 0) is 0 Å². The molecule has 0 atom stereocenters. The molecule has 98 valence electrons. The second-order valence-corrected chi connectivity index (χ2v) is 5.33. The standard InChI is InChI=1S/C14H14ClN3O/c1-8-2-5-11(10(15)6-8)16-14(19)13-7-12(17-18-13)9-3-4-9/h2,5-7,9H,3-4H2,1H3,(H,16,19)(H,17,18). The number of anilines is 1. The summed E-state index contributed by atoms with van der Waals surface area (Å²) in [5.74, 6) is 0.311. The molecule has 0 spiro atoms. The number of amides is 1. The summed E-state index contributed by atoms with van der Waals surface area (Å²) in [4.78, 5) is 12.1. The van der Waals surface area contributed by atoms with E-state index in [2.05, 4.69) is 15.5 Å². The number of carbonyl (C=O) groups excluding carboxylic acids is 1. The van der Waals surface area contributed by atoms with Gasteiger partial charge in [-0.3, -0.25) is 9.89 Å². The van der Waals surface area contributed by atoms with E-state index in [9.17, 15) is 4.79 Å². The third-order valence-corrected chi connectivity index (χ3v) is 3.53. The molecule has 1 aliphatic rings. The van der Waals surface area contributed by atoms with Crippen molar-refractivity contribution in [1.82, 2.24) is 10.2 Å². The van der Waals surface area contributed by atoms with Gasteiger partial charge in [0, 0.05) is 11.6 Å². The lowest BCUT2D eigenvalue weighted by atomic mass is 10.2. The second kappa shape index (κ2) is 4.70. The second-order valence-electron chi connectivity index (χ2n) is 4.92. The number of carbonyl (C=O) groups is 1. The number of aryl methyl sites for hydroxylation is 1. The Morgan fingerprint density at radius 2 is 2.21 bits per heavy atom. The molecule has 5 heteroatoms. The van der Waals surface area contributed by atoms with Crippen LogP contribution in [0.4, 0.5) is 5.69 Å². The maximum atomic E-state index is 12.1. The lowest BCUT2D eigenvalue weighted by Crippen LogP contribution is -2.12. The van der Waals surface area contributed by atoms with Crippen LogP contribution in [0.3, 0.4) is 0 Å². The van der Waals surface area contributed by atoms with Crippen LogP contribution < -0.4 is 5.32 Å². The summed E-state index contributed by atoms with van der Waals surface area (Å²) in [7, 11) is 0. The summed E-state index contributed by atoms with van der Waals surface area (Å²) in [6.07, 6.45) is 2.35. The number of H-pyrrole nitrogens is 1. The van der Waals surface area contributed by atoms with Crippen molar-refractivity contribution in [3.05, 3.63) is 46.2 Å². The zero-order valence-corrected chi connectivity index (χ0v) is 11.3. The number of aromatic amines is 1. The highest BCUT2D eigenvalue weighted by molar-refractivity contribution is 6.34. The molecule has 4 nitrogen and oxygen atoms in total. The fourth-order valence-corrected chi connectivity index (χ4v) is 2.25. The van der Waals surface area contributed by atoms with Gasteiger partial charge in [-0.05, 0) is 43.5 Å². The predicted octanol–water partition coefficient (Wildman–Crippen LogP) is 3.50. The summed E-state index contributed by atoms with van der Waals surface area (Å²) in [6, 6.07) is 7.33. The van der Waals surface area contributed by atoms with Gasteiger partial charge in [0.15, 0.2) is 5.69 Å². The highest BCUT2D eigenvalue weighted by atomic mass is 35.5. The number of benzene rings is 1. The zero-order chi connectivity index (χ0) is 13.4. The molecular formula is C14H14ClN3O. The van der Waals surface area contributed by atoms with E-state index in [0.29, 0.717) is 22.3 Å². The van der Waals surface area contributed by atoms with Gasteiger partial charge >= 0.3 is 0 Å². The first kappa shape index (κ1) is 12.2. The van der Waals surface area contributed by atoms with Crippen LogP contribution in [0.5, 0.6) is 0 Å². The molecule has 3 rings (SSSR count). The van der Waals surface area contributed by atoms with Gasteiger partial charge < -0.3 is 5.32 Å². The van der Waals surface area contributed by atoms with Gasteiger partial charge in [0.25, 0.3) is 5.91 Å².